The van der Waals surface area contributed by atoms with E-state index in [2.05, 4.69) is 16.7 Å². The highest BCUT2D eigenvalue weighted by atomic mass is 32.1. The SMILES string of the molecule is CCCN1CCN(c2nc3c(s2)C(N)CCC3)CC1. The molecule has 19 heavy (non-hydrogen) atoms. The van der Waals surface area contributed by atoms with Crippen LogP contribution in [0, 0.1) is 0 Å². The zero-order valence-electron chi connectivity index (χ0n) is 11.8. The molecular weight excluding hydrogens is 256 g/mol. The minimum absolute atomic E-state index is 0.233. The molecule has 1 saturated heterocycles. The number of piperazine rings is 1. The fourth-order valence-corrected chi connectivity index (χ4v) is 4.25. The van der Waals surface area contributed by atoms with Gasteiger partial charge < -0.3 is 10.6 Å². The first-order valence-electron chi connectivity index (χ1n) is 7.50. The van der Waals surface area contributed by atoms with E-state index >= 15 is 0 Å². The minimum Gasteiger partial charge on any atom is -0.346 e. The lowest BCUT2D eigenvalue weighted by Crippen LogP contribution is -2.46. The van der Waals surface area contributed by atoms with Crippen molar-refractivity contribution in [2.24, 2.45) is 5.73 Å². The summed E-state index contributed by atoms with van der Waals surface area (Å²) in [5, 5.41) is 1.21. The number of nitrogens with zero attached hydrogens (tertiary/aromatic N) is 3. The molecule has 1 aromatic heterocycles. The van der Waals surface area contributed by atoms with Crippen LogP contribution in [-0.4, -0.2) is 42.6 Å². The summed E-state index contributed by atoms with van der Waals surface area (Å²) in [5.74, 6) is 0. The lowest BCUT2D eigenvalue weighted by atomic mass is 9.99. The van der Waals surface area contributed by atoms with E-state index in [0.29, 0.717) is 0 Å². The quantitative estimate of drug-likeness (QED) is 0.920. The number of aromatic nitrogens is 1. The molecular formula is C14H24N4S. The van der Waals surface area contributed by atoms with E-state index in [-0.39, 0.29) is 6.04 Å². The molecule has 0 bridgehead atoms. The Hall–Kier alpha value is -0.650. The lowest BCUT2D eigenvalue weighted by Gasteiger charge is -2.34. The van der Waals surface area contributed by atoms with Crippen molar-refractivity contribution in [3.63, 3.8) is 0 Å². The predicted molar refractivity (Wildman–Crippen MR) is 80.9 cm³/mol. The zero-order valence-corrected chi connectivity index (χ0v) is 12.6. The number of rotatable bonds is 3. The fourth-order valence-electron chi connectivity index (χ4n) is 3.05. The van der Waals surface area contributed by atoms with Crippen LogP contribution >= 0.6 is 11.3 Å². The van der Waals surface area contributed by atoms with E-state index in [4.69, 9.17) is 10.7 Å². The number of aryl methyl sites for hydroxylation is 1. The highest BCUT2D eigenvalue weighted by Gasteiger charge is 2.25. The maximum atomic E-state index is 6.19. The van der Waals surface area contributed by atoms with Crippen molar-refractivity contribution in [2.45, 2.75) is 38.6 Å². The Bertz CT molecular complexity index is 423. The number of hydrogen-bond donors (Lipinski definition) is 1. The van der Waals surface area contributed by atoms with Gasteiger partial charge in [-0.25, -0.2) is 4.98 Å². The largest absolute Gasteiger partial charge is 0.346 e. The van der Waals surface area contributed by atoms with E-state index in [1.54, 1.807) is 0 Å². The van der Waals surface area contributed by atoms with Crippen LogP contribution in [0.15, 0.2) is 0 Å². The molecule has 1 aliphatic heterocycles. The van der Waals surface area contributed by atoms with Crippen LogP contribution in [0.5, 0.6) is 0 Å². The van der Waals surface area contributed by atoms with Crippen LogP contribution in [0.3, 0.4) is 0 Å². The highest BCUT2D eigenvalue weighted by Crippen LogP contribution is 2.36. The highest BCUT2D eigenvalue weighted by molar-refractivity contribution is 7.15. The van der Waals surface area contributed by atoms with Gasteiger partial charge in [0.2, 0.25) is 0 Å². The van der Waals surface area contributed by atoms with Crippen molar-refractivity contribution in [3.8, 4) is 0 Å². The Balaban J connectivity index is 1.67. The van der Waals surface area contributed by atoms with Crippen molar-refractivity contribution in [3.05, 3.63) is 10.6 Å². The lowest BCUT2D eigenvalue weighted by molar-refractivity contribution is 0.258. The van der Waals surface area contributed by atoms with E-state index in [0.717, 1.165) is 25.9 Å². The fraction of sp³-hybridized carbons (Fsp3) is 0.786. The second-order valence-corrected chi connectivity index (χ2v) is 6.64. The first kappa shape index (κ1) is 13.3. The molecule has 1 unspecified atom stereocenters. The van der Waals surface area contributed by atoms with Gasteiger partial charge in [-0.05, 0) is 32.2 Å². The van der Waals surface area contributed by atoms with E-state index in [9.17, 15) is 0 Å². The van der Waals surface area contributed by atoms with Crippen molar-refractivity contribution < 1.29 is 0 Å². The van der Waals surface area contributed by atoms with E-state index in [1.165, 1.54) is 48.2 Å². The Morgan fingerprint density at radius 3 is 2.79 bits per heavy atom. The minimum atomic E-state index is 0.233. The topological polar surface area (TPSA) is 45.4 Å². The van der Waals surface area contributed by atoms with Gasteiger partial charge in [0.1, 0.15) is 0 Å². The Morgan fingerprint density at radius 1 is 1.32 bits per heavy atom. The van der Waals surface area contributed by atoms with Gasteiger partial charge >= 0.3 is 0 Å². The van der Waals surface area contributed by atoms with Gasteiger partial charge in [-0.1, -0.05) is 18.3 Å². The number of fused-ring (bicyclic) bond motifs is 1. The van der Waals surface area contributed by atoms with Gasteiger partial charge in [-0.3, -0.25) is 4.90 Å². The molecule has 1 aliphatic carbocycles. The summed E-state index contributed by atoms with van der Waals surface area (Å²) in [6.45, 7) is 8.05. The summed E-state index contributed by atoms with van der Waals surface area (Å²) in [7, 11) is 0. The van der Waals surface area contributed by atoms with Crippen LogP contribution in [-0.2, 0) is 6.42 Å². The van der Waals surface area contributed by atoms with Crippen LogP contribution < -0.4 is 10.6 Å². The number of hydrogen-bond acceptors (Lipinski definition) is 5. The molecule has 0 spiro atoms. The average molecular weight is 280 g/mol. The van der Waals surface area contributed by atoms with Crippen LogP contribution in [0.4, 0.5) is 5.13 Å². The summed E-state index contributed by atoms with van der Waals surface area (Å²) in [5.41, 5.74) is 7.47. The molecule has 0 radical (unpaired) electrons. The Kier molecular flexibility index (Phi) is 4.05. The maximum absolute atomic E-state index is 6.19. The summed E-state index contributed by atoms with van der Waals surface area (Å²) in [6.07, 6.45) is 4.69. The second-order valence-electron chi connectivity index (χ2n) is 5.63. The third-order valence-electron chi connectivity index (χ3n) is 4.16. The van der Waals surface area contributed by atoms with Gasteiger partial charge in [-0.15, -0.1) is 0 Å². The van der Waals surface area contributed by atoms with Gasteiger partial charge in [0, 0.05) is 37.1 Å². The first-order valence-corrected chi connectivity index (χ1v) is 8.32. The van der Waals surface area contributed by atoms with Gasteiger partial charge in [-0.2, -0.15) is 0 Å². The van der Waals surface area contributed by atoms with Crippen LogP contribution in [0.25, 0.3) is 0 Å². The van der Waals surface area contributed by atoms with Gasteiger partial charge in [0.15, 0.2) is 5.13 Å². The third-order valence-corrected chi connectivity index (χ3v) is 5.45. The smallest absolute Gasteiger partial charge is 0.185 e. The second kappa shape index (κ2) is 5.77. The normalized spacial score (nSPS) is 24.5. The summed E-state index contributed by atoms with van der Waals surface area (Å²) >= 11 is 1.84. The summed E-state index contributed by atoms with van der Waals surface area (Å²) < 4.78 is 0. The molecule has 4 nitrogen and oxygen atoms in total. The van der Waals surface area contributed by atoms with Crippen LogP contribution in [0.1, 0.15) is 42.8 Å². The maximum Gasteiger partial charge on any atom is 0.185 e. The number of thiazole rings is 1. The Morgan fingerprint density at radius 2 is 2.11 bits per heavy atom. The van der Waals surface area contributed by atoms with Crippen molar-refractivity contribution in [1.82, 2.24) is 9.88 Å². The Labute approximate surface area is 119 Å². The molecule has 1 fully saturated rings. The molecule has 106 valence electrons. The van der Waals surface area contributed by atoms with Gasteiger partial charge in [0.25, 0.3) is 0 Å². The van der Waals surface area contributed by atoms with Crippen molar-refractivity contribution in [1.29, 1.82) is 0 Å². The molecule has 1 aromatic rings. The van der Waals surface area contributed by atoms with E-state index < -0.39 is 0 Å². The number of anilines is 1. The summed E-state index contributed by atoms with van der Waals surface area (Å²) in [6, 6.07) is 0.233. The molecule has 1 atom stereocenters. The first-order chi connectivity index (χ1) is 9.28. The standard InChI is InChI=1S/C14H24N4S/c1-2-6-17-7-9-18(10-8-17)14-16-12-5-3-4-11(15)13(12)19-14/h11H,2-10,15H2,1H3. The van der Waals surface area contributed by atoms with Crippen molar-refractivity contribution in [2.75, 3.05) is 37.6 Å². The van der Waals surface area contributed by atoms with Gasteiger partial charge in [0.05, 0.1) is 5.69 Å². The molecule has 2 N–H and O–H groups in total. The monoisotopic (exact) mass is 280 g/mol. The molecule has 3 rings (SSSR count). The predicted octanol–water partition coefficient (Wildman–Crippen LogP) is 2.01. The average Bonchev–Trinajstić information content (AvgIpc) is 2.85. The summed E-state index contributed by atoms with van der Waals surface area (Å²) in [4.78, 5) is 11.2. The molecule has 0 saturated carbocycles. The molecule has 2 aliphatic rings. The molecule has 5 heteroatoms. The molecule has 0 amide bonds. The molecule has 0 aromatic carbocycles. The van der Waals surface area contributed by atoms with Crippen molar-refractivity contribution >= 4 is 16.5 Å². The zero-order chi connectivity index (χ0) is 13.2. The third kappa shape index (κ3) is 2.78. The van der Waals surface area contributed by atoms with E-state index in [1.807, 2.05) is 11.3 Å². The molecule has 2 heterocycles. The number of nitrogens with two attached hydrogens (primary N) is 1. The van der Waals surface area contributed by atoms with Crippen LogP contribution in [0.2, 0.25) is 0 Å².